The maximum absolute atomic E-state index is 13.0. The molecule has 1 amide bonds. The lowest BCUT2D eigenvalue weighted by Crippen LogP contribution is -2.16. The van der Waals surface area contributed by atoms with E-state index in [2.05, 4.69) is 22.5 Å². The van der Waals surface area contributed by atoms with Crippen molar-refractivity contribution >= 4 is 34.1 Å². The molecule has 5 nitrogen and oxygen atoms in total. The number of nitrogens with one attached hydrogen (secondary N) is 1. The average Bonchev–Trinajstić information content (AvgIpc) is 3.14. The van der Waals surface area contributed by atoms with Crippen molar-refractivity contribution in [3.63, 3.8) is 0 Å². The Kier molecular flexibility index (Phi) is 4.69. The van der Waals surface area contributed by atoms with Gasteiger partial charge in [0.05, 0.1) is 23.6 Å². The van der Waals surface area contributed by atoms with Gasteiger partial charge in [0.1, 0.15) is 5.69 Å². The van der Waals surface area contributed by atoms with E-state index >= 15 is 0 Å². The zero-order valence-corrected chi connectivity index (χ0v) is 16.8. The number of carbonyl (C=O) groups is 1. The van der Waals surface area contributed by atoms with Crippen LogP contribution in [-0.2, 0) is 13.6 Å². The first kappa shape index (κ1) is 18.3. The van der Waals surface area contributed by atoms with Gasteiger partial charge in [0.2, 0.25) is 0 Å². The lowest BCUT2D eigenvalue weighted by molar-refractivity contribution is 0.101. The molecule has 0 aliphatic carbocycles. The van der Waals surface area contributed by atoms with E-state index in [4.69, 9.17) is 11.6 Å². The van der Waals surface area contributed by atoms with Gasteiger partial charge in [-0.25, -0.2) is 0 Å². The number of anilines is 1. The van der Waals surface area contributed by atoms with E-state index in [0.29, 0.717) is 17.3 Å². The van der Waals surface area contributed by atoms with Gasteiger partial charge in [0, 0.05) is 23.0 Å². The SMILES string of the molecule is Cc1nn(Cc2ccccc2)c(C)c1NC(=O)c1cc2ccc(Cl)cc2n1C. The van der Waals surface area contributed by atoms with Crippen molar-refractivity contribution in [2.75, 3.05) is 5.32 Å². The minimum Gasteiger partial charge on any atom is -0.340 e. The number of benzene rings is 2. The quantitative estimate of drug-likeness (QED) is 0.534. The molecule has 0 spiro atoms. The normalized spacial score (nSPS) is 11.1. The van der Waals surface area contributed by atoms with Crippen LogP contribution in [0.15, 0.2) is 54.6 Å². The van der Waals surface area contributed by atoms with Gasteiger partial charge in [0.25, 0.3) is 5.91 Å². The molecule has 0 fully saturated rings. The second-order valence-electron chi connectivity index (χ2n) is 6.93. The third-order valence-corrected chi connectivity index (χ3v) is 5.27. The fourth-order valence-corrected chi connectivity index (χ4v) is 3.65. The van der Waals surface area contributed by atoms with Crippen LogP contribution in [0.3, 0.4) is 0 Å². The Morgan fingerprint density at radius 2 is 1.86 bits per heavy atom. The van der Waals surface area contributed by atoms with Gasteiger partial charge in [-0.2, -0.15) is 5.10 Å². The predicted molar refractivity (Wildman–Crippen MR) is 113 cm³/mol. The van der Waals surface area contributed by atoms with Crippen LogP contribution in [0.1, 0.15) is 27.4 Å². The van der Waals surface area contributed by atoms with Crippen LogP contribution in [0, 0.1) is 13.8 Å². The molecule has 0 saturated carbocycles. The van der Waals surface area contributed by atoms with Crippen LogP contribution in [0.4, 0.5) is 5.69 Å². The number of hydrogen-bond acceptors (Lipinski definition) is 2. The van der Waals surface area contributed by atoms with Gasteiger partial charge in [-0.05, 0) is 37.6 Å². The van der Waals surface area contributed by atoms with E-state index in [-0.39, 0.29) is 5.91 Å². The number of nitrogens with zero attached hydrogens (tertiary/aromatic N) is 3. The highest BCUT2D eigenvalue weighted by Crippen LogP contribution is 2.25. The molecule has 2 heterocycles. The molecule has 0 saturated heterocycles. The molecule has 28 heavy (non-hydrogen) atoms. The number of rotatable bonds is 4. The molecule has 6 heteroatoms. The molecule has 4 rings (SSSR count). The first-order valence-corrected chi connectivity index (χ1v) is 9.46. The molecule has 0 unspecified atom stereocenters. The van der Waals surface area contributed by atoms with E-state index in [1.165, 1.54) is 0 Å². The van der Waals surface area contributed by atoms with E-state index in [1.54, 1.807) is 0 Å². The fourth-order valence-electron chi connectivity index (χ4n) is 3.49. The summed E-state index contributed by atoms with van der Waals surface area (Å²) in [4.78, 5) is 13.0. The van der Waals surface area contributed by atoms with Crippen LogP contribution in [0.5, 0.6) is 0 Å². The molecule has 0 bridgehead atoms. The molecule has 0 aliphatic heterocycles. The van der Waals surface area contributed by atoms with Gasteiger partial charge in [-0.1, -0.05) is 48.0 Å². The average molecular weight is 393 g/mol. The first-order chi connectivity index (χ1) is 13.4. The van der Waals surface area contributed by atoms with Gasteiger partial charge in [0.15, 0.2) is 0 Å². The summed E-state index contributed by atoms with van der Waals surface area (Å²) in [6.45, 7) is 4.54. The van der Waals surface area contributed by atoms with Crippen molar-refractivity contribution in [3.8, 4) is 0 Å². The Balaban J connectivity index is 1.62. The molecule has 1 N–H and O–H groups in total. The monoisotopic (exact) mass is 392 g/mol. The number of hydrogen-bond donors (Lipinski definition) is 1. The van der Waals surface area contributed by atoms with Crippen molar-refractivity contribution in [1.82, 2.24) is 14.3 Å². The molecule has 0 radical (unpaired) electrons. The lowest BCUT2D eigenvalue weighted by atomic mass is 10.2. The molecule has 0 aliphatic rings. The number of halogens is 1. The zero-order chi connectivity index (χ0) is 19.8. The fraction of sp³-hybridized carbons (Fsp3) is 0.182. The standard InChI is InChI=1S/C22H21ClN4O/c1-14-21(15(2)27(25-14)13-16-7-5-4-6-8-16)24-22(28)20-11-17-9-10-18(23)12-19(17)26(20)3/h4-12H,13H2,1-3H3,(H,24,28). The smallest absolute Gasteiger partial charge is 0.272 e. The summed E-state index contributed by atoms with van der Waals surface area (Å²) in [5.41, 5.74) is 5.14. The van der Waals surface area contributed by atoms with Crippen LogP contribution in [0.25, 0.3) is 10.9 Å². The Morgan fingerprint density at radius 1 is 1.11 bits per heavy atom. The van der Waals surface area contributed by atoms with Crippen LogP contribution >= 0.6 is 11.6 Å². The zero-order valence-electron chi connectivity index (χ0n) is 16.0. The van der Waals surface area contributed by atoms with Gasteiger partial charge in [-0.3, -0.25) is 9.48 Å². The summed E-state index contributed by atoms with van der Waals surface area (Å²) >= 11 is 6.10. The number of carbonyl (C=O) groups excluding carboxylic acids is 1. The highest BCUT2D eigenvalue weighted by Gasteiger charge is 2.18. The van der Waals surface area contributed by atoms with Crippen LogP contribution in [0.2, 0.25) is 5.02 Å². The predicted octanol–water partition coefficient (Wildman–Crippen LogP) is 4.95. The first-order valence-electron chi connectivity index (χ1n) is 9.08. The molecule has 0 atom stereocenters. The minimum absolute atomic E-state index is 0.166. The van der Waals surface area contributed by atoms with E-state index in [9.17, 15) is 4.79 Å². The molecular formula is C22H21ClN4O. The van der Waals surface area contributed by atoms with Gasteiger partial charge >= 0.3 is 0 Å². The summed E-state index contributed by atoms with van der Waals surface area (Å²) in [6.07, 6.45) is 0. The maximum Gasteiger partial charge on any atom is 0.272 e. The largest absolute Gasteiger partial charge is 0.340 e. The van der Waals surface area contributed by atoms with Crippen LogP contribution in [-0.4, -0.2) is 20.3 Å². The van der Waals surface area contributed by atoms with Crippen molar-refractivity contribution in [3.05, 3.63) is 82.3 Å². The highest BCUT2D eigenvalue weighted by atomic mass is 35.5. The number of aryl methyl sites for hydroxylation is 2. The third-order valence-electron chi connectivity index (χ3n) is 5.04. The van der Waals surface area contributed by atoms with Crippen molar-refractivity contribution in [2.45, 2.75) is 20.4 Å². The van der Waals surface area contributed by atoms with E-state index in [1.807, 2.05) is 72.6 Å². The number of amides is 1. The second-order valence-corrected chi connectivity index (χ2v) is 7.37. The second kappa shape index (κ2) is 7.17. The Labute approximate surface area is 168 Å². The molecule has 142 valence electrons. The van der Waals surface area contributed by atoms with Crippen LogP contribution < -0.4 is 5.32 Å². The Hall–Kier alpha value is -3.05. The minimum atomic E-state index is -0.166. The molecular weight excluding hydrogens is 372 g/mol. The summed E-state index contributed by atoms with van der Waals surface area (Å²) in [7, 11) is 1.87. The maximum atomic E-state index is 13.0. The summed E-state index contributed by atoms with van der Waals surface area (Å²) in [5.74, 6) is -0.166. The Morgan fingerprint density at radius 3 is 2.61 bits per heavy atom. The van der Waals surface area contributed by atoms with E-state index in [0.717, 1.165) is 33.5 Å². The lowest BCUT2D eigenvalue weighted by Gasteiger charge is -2.08. The third kappa shape index (κ3) is 3.29. The van der Waals surface area contributed by atoms with Crippen molar-refractivity contribution in [1.29, 1.82) is 0 Å². The molecule has 2 aromatic heterocycles. The summed E-state index contributed by atoms with van der Waals surface area (Å²) in [6, 6.07) is 17.6. The Bertz CT molecular complexity index is 1170. The van der Waals surface area contributed by atoms with Gasteiger partial charge in [-0.15, -0.1) is 0 Å². The molecule has 4 aromatic rings. The van der Waals surface area contributed by atoms with E-state index < -0.39 is 0 Å². The number of fused-ring (bicyclic) bond motifs is 1. The van der Waals surface area contributed by atoms with Crippen molar-refractivity contribution < 1.29 is 4.79 Å². The highest BCUT2D eigenvalue weighted by molar-refractivity contribution is 6.31. The van der Waals surface area contributed by atoms with Crippen molar-refractivity contribution in [2.24, 2.45) is 7.05 Å². The number of aromatic nitrogens is 3. The summed E-state index contributed by atoms with van der Waals surface area (Å²) in [5, 5.41) is 9.27. The molecule has 2 aromatic carbocycles. The van der Waals surface area contributed by atoms with Gasteiger partial charge < -0.3 is 9.88 Å². The summed E-state index contributed by atoms with van der Waals surface area (Å²) < 4.78 is 3.77. The topological polar surface area (TPSA) is 51.9 Å².